The quantitative estimate of drug-likeness (QED) is 0.905. The van der Waals surface area contributed by atoms with E-state index in [1.54, 1.807) is 6.92 Å². The molecule has 1 aromatic carbocycles. The lowest BCUT2D eigenvalue weighted by Crippen LogP contribution is -2.06. The Morgan fingerprint density at radius 3 is 2.58 bits per heavy atom. The van der Waals surface area contributed by atoms with Gasteiger partial charge >= 0.3 is 0 Å². The van der Waals surface area contributed by atoms with E-state index in [0.29, 0.717) is 33.5 Å². The lowest BCUT2D eigenvalue weighted by Gasteiger charge is -2.13. The van der Waals surface area contributed by atoms with Gasteiger partial charge in [-0.2, -0.15) is 0 Å². The predicted octanol–water partition coefficient (Wildman–Crippen LogP) is 3.95. The normalized spacial score (nSPS) is 11.1. The molecular weight excluding hydrogens is 265 g/mol. The van der Waals surface area contributed by atoms with Crippen LogP contribution in [0.2, 0.25) is 5.02 Å². The van der Waals surface area contributed by atoms with Gasteiger partial charge in [-0.3, -0.25) is 0 Å². The van der Waals surface area contributed by atoms with Crippen molar-refractivity contribution in [2.45, 2.75) is 26.7 Å². The molecule has 0 aliphatic rings. The number of aromatic nitrogens is 2. The zero-order chi connectivity index (χ0) is 14.2. The zero-order valence-electron chi connectivity index (χ0n) is 11.0. The molecule has 1 aromatic heterocycles. The SMILES string of the molecule is Cc1c(N)nc(C(C)C)nc1-c1cc(F)ccc1Cl. The zero-order valence-corrected chi connectivity index (χ0v) is 11.8. The second-order valence-corrected chi connectivity index (χ2v) is 5.13. The van der Waals surface area contributed by atoms with E-state index < -0.39 is 0 Å². The third-order valence-corrected chi connectivity index (χ3v) is 3.23. The lowest BCUT2D eigenvalue weighted by molar-refractivity contribution is 0.628. The van der Waals surface area contributed by atoms with Crippen LogP contribution in [0.5, 0.6) is 0 Å². The number of nitrogens with two attached hydrogens (primary N) is 1. The van der Waals surface area contributed by atoms with Gasteiger partial charge in [0.15, 0.2) is 0 Å². The molecule has 0 aliphatic heterocycles. The number of benzene rings is 1. The van der Waals surface area contributed by atoms with E-state index in [1.807, 2.05) is 13.8 Å². The van der Waals surface area contributed by atoms with Gasteiger partial charge in [0.05, 0.1) is 10.7 Å². The fourth-order valence-electron chi connectivity index (χ4n) is 1.75. The largest absolute Gasteiger partial charge is 0.383 e. The highest BCUT2D eigenvalue weighted by Crippen LogP contribution is 2.32. The molecule has 2 rings (SSSR count). The Bertz CT molecular complexity index is 626. The molecule has 0 atom stereocenters. The Morgan fingerprint density at radius 1 is 1.26 bits per heavy atom. The molecule has 3 nitrogen and oxygen atoms in total. The van der Waals surface area contributed by atoms with Gasteiger partial charge in [0.25, 0.3) is 0 Å². The summed E-state index contributed by atoms with van der Waals surface area (Å²) in [5.74, 6) is 0.795. The summed E-state index contributed by atoms with van der Waals surface area (Å²) in [6.45, 7) is 5.75. The highest BCUT2D eigenvalue weighted by atomic mass is 35.5. The average molecular weight is 280 g/mol. The first-order valence-corrected chi connectivity index (χ1v) is 6.37. The summed E-state index contributed by atoms with van der Waals surface area (Å²) in [7, 11) is 0. The smallest absolute Gasteiger partial charge is 0.133 e. The van der Waals surface area contributed by atoms with Gasteiger partial charge in [-0.1, -0.05) is 25.4 Å². The minimum absolute atomic E-state index is 0.133. The lowest BCUT2D eigenvalue weighted by atomic mass is 10.1. The number of nitrogens with zero attached hydrogens (tertiary/aromatic N) is 2. The predicted molar refractivity (Wildman–Crippen MR) is 75.7 cm³/mol. The first kappa shape index (κ1) is 13.7. The molecule has 0 spiro atoms. The van der Waals surface area contributed by atoms with Gasteiger partial charge in [-0.05, 0) is 25.1 Å². The van der Waals surface area contributed by atoms with Crippen LogP contribution in [0.3, 0.4) is 0 Å². The molecule has 19 heavy (non-hydrogen) atoms. The molecule has 0 amide bonds. The van der Waals surface area contributed by atoms with Crippen LogP contribution in [0.15, 0.2) is 18.2 Å². The summed E-state index contributed by atoms with van der Waals surface area (Å²) in [5.41, 5.74) is 7.72. The number of halogens is 2. The summed E-state index contributed by atoms with van der Waals surface area (Å²) in [4.78, 5) is 8.70. The van der Waals surface area contributed by atoms with Crippen molar-refractivity contribution in [3.8, 4) is 11.3 Å². The maximum absolute atomic E-state index is 13.4. The van der Waals surface area contributed by atoms with Gasteiger partial charge in [-0.15, -0.1) is 0 Å². The highest BCUT2D eigenvalue weighted by molar-refractivity contribution is 6.33. The van der Waals surface area contributed by atoms with Crippen molar-refractivity contribution >= 4 is 17.4 Å². The summed E-state index contributed by atoms with van der Waals surface area (Å²) in [5, 5.41) is 0.442. The van der Waals surface area contributed by atoms with Crippen LogP contribution in [0.25, 0.3) is 11.3 Å². The van der Waals surface area contributed by atoms with Crippen molar-refractivity contribution < 1.29 is 4.39 Å². The third kappa shape index (κ3) is 2.68. The first-order valence-electron chi connectivity index (χ1n) is 5.99. The van der Waals surface area contributed by atoms with Crippen molar-refractivity contribution in [2.24, 2.45) is 0 Å². The van der Waals surface area contributed by atoms with Gasteiger partial charge in [0, 0.05) is 17.0 Å². The Labute approximate surface area is 116 Å². The first-order chi connectivity index (χ1) is 8.90. The Kier molecular flexibility index (Phi) is 3.71. The standard InChI is InChI=1S/C14H15ClFN3/c1-7(2)14-18-12(8(3)13(17)19-14)10-6-9(16)4-5-11(10)15/h4-7H,1-3H3,(H2,17,18,19). The van der Waals surface area contributed by atoms with Gasteiger partial charge in [-0.25, -0.2) is 14.4 Å². The Morgan fingerprint density at radius 2 is 1.95 bits per heavy atom. The Balaban J connectivity index is 2.70. The van der Waals surface area contributed by atoms with Crippen LogP contribution < -0.4 is 5.73 Å². The second-order valence-electron chi connectivity index (χ2n) is 4.72. The third-order valence-electron chi connectivity index (χ3n) is 2.90. The number of hydrogen-bond acceptors (Lipinski definition) is 3. The summed E-state index contributed by atoms with van der Waals surface area (Å²) < 4.78 is 13.4. The summed E-state index contributed by atoms with van der Waals surface area (Å²) in [6.07, 6.45) is 0. The van der Waals surface area contributed by atoms with Crippen LogP contribution >= 0.6 is 11.6 Å². The molecule has 1 heterocycles. The molecular formula is C14H15ClFN3. The molecule has 0 saturated carbocycles. The van der Waals surface area contributed by atoms with Crippen molar-refractivity contribution in [2.75, 3.05) is 5.73 Å². The summed E-state index contributed by atoms with van der Waals surface area (Å²) in [6, 6.07) is 4.19. The molecule has 5 heteroatoms. The van der Waals surface area contributed by atoms with E-state index in [9.17, 15) is 4.39 Å². The number of hydrogen-bond donors (Lipinski definition) is 1. The van der Waals surface area contributed by atoms with Crippen molar-refractivity contribution in [1.82, 2.24) is 9.97 Å². The molecule has 2 N–H and O–H groups in total. The molecule has 0 unspecified atom stereocenters. The second kappa shape index (κ2) is 5.13. The Hall–Kier alpha value is -1.68. The van der Waals surface area contributed by atoms with Gasteiger partial charge in [0.2, 0.25) is 0 Å². The van der Waals surface area contributed by atoms with E-state index >= 15 is 0 Å². The number of nitrogen functional groups attached to an aromatic ring is 1. The monoisotopic (exact) mass is 279 g/mol. The van der Waals surface area contributed by atoms with Crippen molar-refractivity contribution in [1.29, 1.82) is 0 Å². The van der Waals surface area contributed by atoms with E-state index in [1.165, 1.54) is 18.2 Å². The molecule has 0 radical (unpaired) electrons. The maximum Gasteiger partial charge on any atom is 0.133 e. The highest BCUT2D eigenvalue weighted by Gasteiger charge is 2.15. The fourth-order valence-corrected chi connectivity index (χ4v) is 1.96. The van der Waals surface area contributed by atoms with Crippen LogP contribution in [-0.2, 0) is 0 Å². The van der Waals surface area contributed by atoms with Gasteiger partial charge in [0.1, 0.15) is 17.5 Å². The van der Waals surface area contributed by atoms with E-state index in [0.717, 1.165) is 0 Å². The molecule has 0 saturated heterocycles. The van der Waals surface area contributed by atoms with E-state index in [2.05, 4.69) is 9.97 Å². The maximum atomic E-state index is 13.4. The number of rotatable bonds is 2. The minimum Gasteiger partial charge on any atom is -0.383 e. The molecule has 100 valence electrons. The average Bonchev–Trinajstić information content (AvgIpc) is 2.35. The van der Waals surface area contributed by atoms with E-state index in [4.69, 9.17) is 17.3 Å². The molecule has 0 fully saturated rings. The number of anilines is 1. The fraction of sp³-hybridized carbons (Fsp3) is 0.286. The van der Waals surface area contributed by atoms with Crippen LogP contribution in [-0.4, -0.2) is 9.97 Å². The molecule has 2 aromatic rings. The van der Waals surface area contributed by atoms with Crippen LogP contribution in [0.4, 0.5) is 10.2 Å². The molecule has 0 bridgehead atoms. The van der Waals surface area contributed by atoms with Crippen molar-refractivity contribution in [3.63, 3.8) is 0 Å². The van der Waals surface area contributed by atoms with Crippen LogP contribution in [0.1, 0.15) is 31.2 Å². The molecule has 0 aliphatic carbocycles. The van der Waals surface area contributed by atoms with Gasteiger partial charge < -0.3 is 5.73 Å². The minimum atomic E-state index is -0.359. The van der Waals surface area contributed by atoms with Crippen LogP contribution in [0, 0.1) is 12.7 Å². The van der Waals surface area contributed by atoms with E-state index in [-0.39, 0.29) is 11.7 Å². The summed E-state index contributed by atoms with van der Waals surface area (Å²) >= 11 is 6.12. The topological polar surface area (TPSA) is 51.8 Å². The van der Waals surface area contributed by atoms with Crippen molar-refractivity contribution in [3.05, 3.63) is 40.4 Å².